The van der Waals surface area contributed by atoms with Crippen molar-refractivity contribution in [3.8, 4) is 0 Å². The highest BCUT2D eigenvalue weighted by Crippen LogP contribution is 2.54. The van der Waals surface area contributed by atoms with Crippen molar-refractivity contribution in [1.82, 2.24) is 0 Å². The third-order valence-corrected chi connectivity index (χ3v) is 4.19. The molecule has 0 heteroatoms. The fourth-order valence-corrected chi connectivity index (χ4v) is 3.59. The number of hydrogen-bond acceptors (Lipinski definition) is 0. The molecule has 56 valence electrons. The molecule has 0 saturated heterocycles. The molecular weight excluding hydrogens is 120 g/mol. The van der Waals surface area contributed by atoms with Crippen LogP contribution in [0.2, 0.25) is 0 Å². The maximum Gasteiger partial charge on any atom is -0.0380 e. The topological polar surface area (TPSA) is 0 Å². The molecule has 0 radical (unpaired) electrons. The van der Waals surface area contributed by atoms with Gasteiger partial charge in [-0.2, -0.15) is 0 Å². The highest BCUT2D eigenvalue weighted by Gasteiger charge is 2.43. The molecular formula is C10H16. The molecule has 4 aliphatic carbocycles. The monoisotopic (exact) mass is 136 g/mol. The Balaban J connectivity index is 1.87. The molecule has 0 aromatic carbocycles. The van der Waals surface area contributed by atoms with Crippen LogP contribution in [0.5, 0.6) is 0 Å². The Hall–Kier alpha value is 0. The third kappa shape index (κ3) is 0.627. The van der Waals surface area contributed by atoms with Crippen molar-refractivity contribution in [2.75, 3.05) is 0 Å². The van der Waals surface area contributed by atoms with Crippen LogP contribution in [0.15, 0.2) is 0 Å². The van der Waals surface area contributed by atoms with Crippen molar-refractivity contribution >= 4 is 0 Å². The predicted molar refractivity (Wildman–Crippen MR) is 41.7 cm³/mol. The molecule has 4 bridgehead atoms. The molecule has 0 aromatic heterocycles. The molecule has 2 atom stereocenters. The van der Waals surface area contributed by atoms with Gasteiger partial charge in [-0.25, -0.2) is 0 Å². The molecule has 0 nitrogen and oxygen atoms in total. The lowest BCUT2D eigenvalue weighted by atomic mass is 9.68. The summed E-state index contributed by atoms with van der Waals surface area (Å²) < 4.78 is 0. The van der Waals surface area contributed by atoms with Crippen LogP contribution < -0.4 is 0 Å². The second kappa shape index (κ2) is 1.78. The lowest BCUT2D eigenvalue weighted by molar-refractivity contribution is 0.131. The quantitative estimate of drug-likeness (QED) is 0.480. The van der Waals surface area contributed by atoms with Crippen LogP contribution in [0.4, 0.5) is 0 Å². The predicted octanol–water partition coefficient (Wildman–Crippen LogP) is 2.83. The Kier molecular flexibility index (Phi) is 1.00. The van der Waals surface area contributed by atoms with E-state index in [1.165, 1.54) is 23.7 Å². The summed E-state index contributed by atoms with van der Waals surface area (Å²) in [5.41, 5.74) is 0. The van der Waals surface area contributed by atoms with Gasteiger partial charge in [0.2, 0.25) is 0 Å². The SMILES string of the molecule is C1CC2CC1CC1CC2C1. The minimum atomic E-state index is 1.17. The molecule has 10 heavy (non-hydrogen) atoms. The number of rotatable bonds is 0. The summed E-state index contributed by atoms with van der Waals surface area (Å²) >= 11 is 0. The van der Waals surface area contributed by atoms with Crippen LogP contribution in [0.25, 0.3) is 0 Å². The molecule has 4 rings (SSSR count). The first kappa shape index (κ1) is 5.62. The number of hydrogen-bond donors (Lipinski definition) is 0. The van der Waals surface area contributed by atoms with Crippen molar-refractivity contribution in [3.05, 3.63) is 0 Å². The van der Waals surface area contributed by atoms with Crippen LogP contribution in [0.1, 0.15) is 38.5 Å². The highest BCUT2D eigenvalue weighted by atomic mass is 14.5. The van der Waals surface area contributed by atoms with E-state index in [0.717, 1.165) is 0 Å². The first-order chi connectivity index (χ1) is 4.92. The maximum absolute atomic E-state index is 1.61. The average Bonchev–Trinajstić information content (AvgIpc) is 2.02. The smallest absolute Gasteiger partial charge is 0.0380 e. The van der Waals surface area contributed by atoms with Crippen LogP contribution >= 0.6 is 0 Å². The summed E-state index contributed by atoms with van der Waals surface area (Å²) in [4.78, 5) is 0. The molecule has 0 spiro atoms. The average molecular weight is 136 g/mol. The normalized spacial score (nSPS) is 57.6. The standard InChI is InChI=1S/C10H16/c1-2-9-4-7(1)3-8-5-10(9)6-8/h7-10H,1-6H2. The van der Waals surface area contributed by atoms with Gasteiger partial charge in [-0.1, -0.05) is 6.42 Å². The van der Waals surface area contributed by atoms with Crippen LogP contribution in [-0.4, -0.2) is 0 Å². The van der Waals surface area contributed by atoms with Crippen molar-refractivity contribution in [1.29, 1.82) is 0 Å². The molecule has 4 aliphatic rings. The zero-order chi connectivity index (χ0) is 6.55. The van der Waals surface area contributed by atoms with Crippen LogP contribution in [-0.2, 0) is 0 Å². The van der Waals surface area contributed by atoms with E-state index < -0.39 is 0 Å². The third-order valence-electron chi connectivity index (χ3n) is 4.19. The van der Waals surface area contributed by atoms with Gasteiger partial charge in [-0.3, -0.25) is 0 Å². The first-order valence-electron chi connectivity index (χ1n) is 4.92. The second-order valence-corrected chi connectivity index (χ2v) is 4.77. The first-order valence-corrected chi connectivity index (χ1v) is 4.92. The Morgan fingerprint density at radius 3 is 2.30 bits per heavy atom. The van der Waals surface area contributed by atoms with Crippen molar-refractivity contribution < 1.29 is 0 Å². The van der Waals surface area contributed by atoms with Gasteiger partial charge in [0.15, 0.2) is 0 Å². The molecule has 0 amide bonds. The van der Waals surface area contributed by atoms with Gasteiger partial charge in [0.25, 0.3) is 0 Å². The molecule has 0 heterocycles. The van der Waals surface area contributed by atoms with Crippen molar-refractivity contribution in [2.45, 2.75) is 38.5 Å². The van der Waals surface area contributed by atoms with Crippen LogP contribution in [0.3, 0.4) is 0 Å². The van der Waals surface area contributed by atoms with E-state index in [0.29, 0.717) is 0 Å². The second-order valence-electron chi connectivity index (χ2n) is 4.77. The molecule has 2 unspecified atom stereocenters. The Morgan fingerprint density at radius 1 is 0.600 bits per heavy atom. The van der Waals surface area contributed by atoms with Gasteiger partial charge in [0.1, 0.15) is 0 Å². The lowest BCUT2D eigenvalue weighted by Gasteiger charge is -2.38. The van der Waals surface area contributed by atoms with Crippen molar-refractivity contribution in [3.63, 3.8) is 0 Å². The summed E-state index contributed by atoms with van der Waals surface area (Å²) in [5, 5.41) is 0. The van der Waals surface area contributed by atoms with Gasteiger partial charge in [-0.05, 0) is 55.8 Å². The van der Waals surface area contributed by atoms with Crippen LogP contribution in [0, 0.1) is 23.7 Å². The van der Waals surface area contributed by atoms with E-state index in [-0.39, 0.29) is 0 Å². The summed E-state index contributed by atoms with van der Waals surface area (Å²) in [6.45, 7) is 0. The van der Waals surface area contributed by atoms with E-state index >= 15 is 0 Å². The summed E-state index contributed by atoms with van der Waals surface area (Å²) in [6.07, 6.45) is 9.61. The fourth-order valence-electron chi connectivity index (χ4n) is 3.59. The maximum atomic E-state index is 1.61. The zero-order valence-electron chi connectivity index (χ0n) is 6.55. The largest absolute Gasteiger partial charge is 0.0502 e. The van der Waals surface area contributed by atoms with E-state index in [4.69, 9.17) is 0 Å². The molecule has 4 fully saturated rings. The van der Waals surface area contributed by atoms with Gasteiger partial charge in [-0.15, -0.1) is 0 Å². The Morgan fingerprint density at radius 2 is 1.40 bits per heavy atom. The molecule has 0 aromatic rings. The lowest BCUT2D eigenvalue weighted by Crippen LogP contribution is -2.27. The van der Waals surface area contributed by atoms with E-state index in [9.17, 15) is 0 Å². The minimum absolute atomic E-state index is 1.17. The summed E-state index contributed by atoms with van der Waals surface area (Å²) in [6, 6.07) is 0. The minimum Gasteiger partial charge on any atom is -0.0502 e. The summed E-state index contributed by atoms with van der Waals surface area (Å²) in [7, 11) is 0. The van der Waals surface area contributed by atoms with E-state index in [2.05, 4.69) is 0 Å². The highest BCUT2D eigenvalue weighted by molar-refractivity contribution is 4.94. The van der Waals surface area contributed by atoms with Gasteiger partial charge >= 0.3 is 0 Å². The Bertz CT molecular complexity index is 142. The molecule has 0 N–H and O–H groups in total. The van der Waals surface area contributed by atoms with Gasteiger partial charge in [0.05, 0.1) is 0 Å². The molecule has 0 aliphatic heterocycles. The Labute approximate surface area is 63.0 Å². The fraction of sp³-hybridized carbons (Fsp3) is 1.00. The van der Waals surface area contributed by atoms with E-state index in [1.807, 2.05) is 0 Å². The van der Waals surface area contributed by atoms with Gasteiger partial charge < -0.3 is 0 Å². The van der Waals surface area contributed by atoms with E-state index in [1.54, 1.807) is 38.5 Å². The van der Waals surface area contributed by atoms with Gasteiger partial charge in [0, 0.05) is 0 Å². The van der Waals surface area contributed by atoms with Crippen molar-refractivity contribution in [2.24, 2.45) is 23.7 Å². The molecule has 4 saturated carbocycles. The summed E-state index contributed by atoms with van der Waals surface area (Å²) in [5.74, 6) is 4.73. The zero-order valence-corrected chi connectivity index (χ0v) is 6.55.